The van der Waals surface area contributed by atoms with Crippen LogP contribution in [-0.4, -0.2) is 28.3 Å². The topological polar surface area (TPSA) is 61.1 Å². The quantitative estimate of drug-likeness (QED) is 0.282. The average molecular weight is 374 g/mol. The van der Waals surface area contributed by atoms with E-state index in [1.54, 1.807) is 0 Å². The van der Waals surface area contributed by atoms with Gasteiger partial charge in [0.25, 0.3) is 0 Å². The van der Waals surface area contributed by atoms with Gasteiger partial charge < -0.3 is 5.11 Å². The highest BCUT2D eigenvalue weighted by molar-refractivity contribution is 8.13. The molecule has 0 aliphatic carbocycles. The second-order valence-electron chi connectivity index (χ2n) is 6.50. The van der Waals surface area contributed by atoms with E-state index in [4.69, 9.17) is 5.11 Å². The van der Waals surface area contributed by atoms with Crippen molar-refractivity contribution in [1.29, 1.82) is 5.26 Å². The Hall–Kier alpha value is -0.180. The molecule has 1 unspecified atom stereocenters. The maximum atomic E-state index is 12.3. The number of aliphatic hydroxyl groups excluding tert-OH is 1. The molecule has 24 heavy (non-hydrogen) atoms. The number of hydrogen-bond acceptors (Lipinski definition) is 5. The number of thiol groups is 1. The van der Waals surface area contributed by atoms with Gasteiger partial charge in [-0.2, -0.15) is 17.9 Å². The molecule has 3 nitrogen and oxygen atoms in total. The molecule has 0 aromatic carbocycles. The third kappa shape index (κ3) is 10.6. The number of nitriles is 1. The predicted octanol–water partition coefficient (Wildman–Crippen LogP) is 5.38. The Morgan fingerprint density at radius 3 is 2.04 bits per heavy atom. The Morgan fingerprint density at radius 2 is 1.58 bits per heavy atom. The van der Waals surface area contributed by atoms with Gasteiger partial charge in [0.05, 0.1) is 6.07 Å². The lowest BCUT2D eigenvalue weighted by Gasteiger charge is -2.21. The number of nitrogens with zero attached hydrogens (tertiary/aromatic N) is 1. The first-order valence-electron chi connectivity index (χ1n) is 9.47. The second-order valence-corrected chi connectivity index (χ2v) is 7.88. The lowest BCUT2D eigenvalue weighted by atomic mass is 9.88. The van der Waals surface area contributed by atoms with Crippen LogP contribution in [0.15, 0.2) is 0 Å². The molecule has 0 aromatic rings. The van der Waals surface area contributed by atoms with Crippen LogP contribution in [0.4, 0.5) is 0 Å². The number of aliphatic hydroxyl groups is 1. The number of rotatable bonds is 16. The minimum absolute atomic E-state index is 0.00754. The van der Waals surface area contributed by atoms with E-state index < -0.39 is 5.41 Å². The number of thioether (sulfide) groups is 1. The smallest absolute Gasteiger partial charge is 0.210 e. The van der Waals surface area contributed by atoms with Crippen molar-refractivity contribution in [2.75, 3.05) is 18.1 Å². The molecule has 0 spiro atoms. The number of unbranched alkanes of at least 4 members (excludes halogenated alkanes) is 9. The van der Waals surface area contributed by atoms with E-state index in [-0.39, 0.29) is 17.5 Å². The molecule has 0 bridgehead atoms. The highest BCUT2D eigenvalue weighted by Crippen LogP contribution is 2.31. The van der Waals surface area contributed by atoms with E-state index in [0.717, 1.165) is 18.6 Å². The lowest BCUT2D eigenvalue weighted by molar-refractivity contribution is -0.116. The van der Waals surface area contributed by atoms with Gasteiger partial charge in [0, 0.05) is 18.1 Å². The van der Waals surface area contributed by atoms with Gasteiger partial charge >= 0.3 is 0 Å². The summed E-state index contributed by atoms with van der Waals surface area (Å²) in [6.45, 7) is 2.25. The fraction of sp³-hybridized carbons (Fsp3) is 0.895. The van der Waals surface area contributed by atoms with Crippen LogP contribution in [0.25, 0.3) is 0 Å². The SMILES string of the molecule is CCCCCCCCCCCCSC(=O)C(C#N)(CS)CCCO. The maximum Gasteiger partial charge on any atom is 0.210 e. The summed E-state index contributed by atoms with van der Waals surface area (Å²) in [7, 11) is 0. The van der Waals surface area contributed by atoms with Crippen molar-refractivity contribution < 1.29 is 9.90 Å². The standard InChI is InChI=1S/C19H35NO2S2/c1-2-3-4-5-6-7-8-9-10-11-15-24-18(22)19(16-20,17-23)13-12-14-21/h21,23H,2-15,17H2,1H3. The Kier molecular flexibility index (Phi) is 16.2. The molecule has 0 saturated heterocycles. The first-order chi connectivity index (χ1) is 11.7. The van der Waals surface area contributed by atoms with E-state index in [1.807, 2.05) is 0 Å². The molecule has 0 saturated carbocycles. The summed E-state index contributed by atoms with van der Waals surface area (Å²) in [5, 5.41) is 18.2. The summed E-state index contributed by atoms with van der Waals surface area (Å²) >= 11 is 5.46. The monoisotopic (exact) mass is 373 g/mol. The van der Waals surface area contributed by atoms with Crippen LogP contribution in [0.3, 0.4) is 0 Å². The van der Waals surface area contributed by atoms with Crippen molar-refractivity contribution in [1.82, 2.24) is 0 Å². The second kappa shape index (κ2) is 16.3. The molecule has 1 N–H and O–H groups in total. The van der Waals surface area contributed by atoms with Crippen molar-refractivity contribution >= 4 is 29.5 Å². The third-order valence-corrected chi connectivity index (χ3v) is 6.05. The molecule has 5 heteroatoms. The van der Waals surface area contributed by atoms with Crippen LogP contribution >= 0.6 is 24.4 Å². The third-order valence-electron chi connectivity index (χ3n) is 4.37. The number of carbonyl (C=O) groups excluding carboxylic acids is 1. The first-order valence-corrected chi connectivity index (χ1v) is 11.1. The highest BCUT2D eigenvalue weighted by Gasteiger charge is 2.36. The molecule has 0 radical (unpaired) electrons. The van der Waals surface area contributed by atoms with Crippen LogP contribution < -0.4 is 0 Å². The minimum atomic E-state index is -1.03. The normalized spacial score (nSPS) is 13.4. The zero-order chi connectivity index (χ0) is 18.1. The molecular formula is C19H35NO2S2. The van der Waals surface area contributed by atoms with Crippen LogP contribution in [0.1, 0.15) is 84.0 Å². The van der Waals surface area contributed by atoms with Gasteiger partial charge in [-0.15, -0.1) is 0 Å². The number of hydrogen-bond donors (Lipinski definition) is 2. The van der Waals surface area contributed by atoms with Crippen LogP contribution in [0, 0.1) is 16.7 Å². The van der Waals surface area contributed by atoms with Gasteiger partial charge in [-0.25, -0.2) is 0 Å². The van der Waals surface area contributed by atoms with Crippen molar-refractivity contribution in [3.63, 3.8) is 0 Å². The van der Waals surface area contributed by atoms with Crippen LogP contribution in [0.5, 0.6) is 0 Å². The van der Waals surface area contributed by atoms with Crippen molar-refractivity contribution in [3.8, 4) is 6.07 Å². The summed E-state index contributed by atoms with van der Waals surface area (Å²) in [6.07, 6.45) is 13.7. The molecule has 140 valence electrons. The Bertz CT molecular complexity index is 358. The molecule has 0 rings (SSSR count). The predicted molar refractivity (Wildman–Crippen MR) is 108 cm³/mol. The summed E-state index contributed by atoms with van der Waals surface area (Å²) in [4.78, 5) is 12.3. The summed E-state index contributed by atoms with van der Waals surface area (Å²) in [5.74, 6) is 1.01. The van der Waals surface area contributed by atoms with Crippen molar-refractivity contribution in [3.05, 3.63) is 0 Å². The van der Waals surface area contributed by atoms with Crippen molar-refractivity contribution in [2.24, 2.45) is 5.41 Å². The molecule has 0 aliphatic heterocycles. The largest absolute Gasteiger partial charge is 0.396 e. The molecule has 0 heterocycles. The Labute approximate surface area is 158 Å². The van der Waals surface area contributed by atoms with E-state index in [1.165, 1.54) is 63.1 Å². The molecule has 0 aromatic heterocycles. The lowest BCUT2D eigenvalue weighted by Crippen LogP contribution is -2.30. The molecule has 0 fully saturated rings. The highest BCUT2D eigenvalue weighted by atomic mass is 32.2. The minimum Gasteiger partial charge on any atom is -0.396 e. The fourth-order valence-electron chi connectivity index (χ4n) is 2.66. The van der Waals surface area contributed by atoms with E-state index >= 15 is 0 Å². The van der Waals surface area contributed by atoms with E-state index in [9.17, 15) is 10.1 Å². The molecule has 0 aliphatic rings. The zero-order valence-corrected chi connectivity index (χ0v) is 17.0. The summed E-state index contributed by atoms with van der Waals surface area (Å²) in [5.41, 5.74) is -1.03. The average Bonchev–Trinajstić information content (AvgIpc) is 2.61. The van der Waals surface area contributed by atoms with Crippen LogP contribution in [0.2, 0.25) is 0 Å². The van der Waals surface area contributed by atoms with Gasteiger partial charge in [-0.3, -0.25) is 4.79 Å². The van der Waals surface area contributed by atoms with Gasteiger partial charge in [0.15, 0.2) is 0 Å². The van der Waals surface area contributed by atoms with Gasteiger partial charge in [-0.05, 0) is 19.3 Å². The maximum absolute atomic E-state index is 12.3. The fourth-order valence-corrected chi connectivity index (χ4v) is 4.17. The zero-order valence-electron chi connectivity index (χ0n) is 15.3. The molecular weight excluding hydrogens is 338 g/mol. The van der Waals surface area contributed by atoms with Gasteiger partial charge in [-0.1, -0.05) is 76.5 Å². The van der Waals surface area contributed by atoms with Gasteiger partial charge in [0.2, 0.25) is 5.12 Å². The first kappa shape index (κ1) is 23.8. The van der Waals surface area contributed by atoms with Gasteiger partial charge in [0.1, 0.15) is 5.41 Å². The Morgan fingerprint density at radius 1 is 1.04 bits per heavy atom. The number of carbonyl (C=O) groups is 1. The molecule has 1 atom stereocenters. The summed E-state index contributed by atoms with van der Waals surface area (Å²) in [6, 6.07) is 2.13. The van der Waals surface area contributed by atoms with Crippen molar-refractivity contribution in [2.45, 2.75) is 84.0 Å². The Balaban J connectivity index is 3.72. The summed E-state index contributed by atoms with van der Waals surface area (Å²) < 4.78 is 0. The van der Waals surface area contributed by atoms with E-state index in [0.29, 0.717) is 12.8 Å². The molecule has 0 amide bonds. The van der Waals surface area contributed by atoms with Crippen LogP contribution in [-0.2, 0) is 4.79 Å². The van der Waals surface area contributed by atoms with E-state index in [2.05, 4.69) is 25.6 Å².